The van der Waals surface area contributed by atoms with E-state index in [-0.39, 0.29) is 53.0 Å². The van der Waals surface area contributed by atoms with Crippen molar-refractivity contribution in [3.05, 3.63) is 64.6 Å². The summed E-state index contributed by atoms with van der Waals surface area (Å²) in [6.45, 7) is -0.212. The standard InChI is InChI=1S/C24H22ClFN4O4/c25-18-9-15(24(33)34)7-16(21(18)26)10-27-23(32)22-13-5-6-17(8-13)30(22)20(31)12-29-19-4-2-1-3-14(19)11-28-29/h1-4,7,9,11,13,17,22H,5-6,8,10,12H2,(H,27,32)(H,33,34)/t13-,17+,22-/m0/s1. The molecular formula is C24H22ClFN4O4. The molecule has 5 rings (SSSR count). The lowest BCUT2D eigenvalue weighted by molar-refractivity contribution is -0.143. The third-order valence-corrected chi connectivity index (χ3v) is 7.06. The van der Waals surface area contributed by atoms with Gasteiger partial charge in [-0.3, -0.25) is 14.3 Å². The first-order chi connectivity index (χ1) is 16.3. The highest BCUT2D eigenvalue weighted by atomic mass is 35.5. The third-order valence-electron chi connectivity index (χ3n) is 6.78. The number of carboxylic acids is 1. The number of piperidine rings is 1. The normalized spacial score (nSPS) is 21.2. The van der Waals surface area contributed by atoms with Gasteiger partial charge in [-0.2, -0.15) is 5.10 Å². The number of benzene rings is 2. The zero-order chi connectivity index (χ0) is 24.0. The second-order valence-corrected chi connectivity index (χ2v) is 9.20. The largest absolute Gasteiger partial charge is 0.478 e. The smallest absolute Gasteiger partial charge is 0.335 e. The summed E-state index contributed by atoms with van der Waals surface area (Å²) in [5, 5.41) is 16.8. The zero-order valence-electron chi connectivity index (χ0n) is 18.1. The highest BCUT2D eigenvalue weighted by Gasteiger charge is 2.51. The van der Waals surface area contributed by atoms with Gasteiger partial charge >= 0.3 is 5.97 Å². The summed E-state index contributed by atoms with van der Waals surface area (Å²) in [4.78, 5) is 39.4. The molecule has 2 fully saturated rings. The highest BCUT2D eigenvalue weighted by molar-refractivity contribution is 6.31. The van der Waals surface area contributed by atoms with Crippen LogP contribution in [-0.4, -0.2) is 49.7 Å². The molecule has 2 aliphatic rings. The summed E-state index contributed by atoms with van der Waals surface area (Å²) in [7, 11) is 0. The molecule has 2 amide bonds. The van der Waals surface area contributed by atoms with Crippen molar-refractivity contribution in [3.8, 4) is 0 Å². The van der Waals surface area contributed by atoms with Gasteiger partial charge in [0.25, 0.3) is 0 Å². The van der Waals surface area contributed by atoms with E-state index in [9.17, 15) is 23.9 Å². The maximum absolute atomic E-state index is 14.4. The van der Waals surface area contributed by atoms with E-state index in [1.807, 2.05) is 24.3 Å². The van der Waals surface area contributed by atoms with Gasteiger partial charge in [0.2, 0.25) is 11.8 Å². The number of likely N-dealkylation sites (tertiary alicyclic amines) is 1. The molecule has 0 unspecified atom stereocenters. The number of hydrogen-bond donors (Lipinski definition) is 2. The van der Waals surface area contributed by atoms with Gasteiger partial charge in [-0.25, -0.2) is 9.18 Å². The minimum Gasteiger partial charge on any atom is -0.478 e. The predicted octanol–water partition coefficient (Wildman–Crippen LogP) is 3.22. The first-order valence-corrected chi connectivity index (χ1v) is 11.4. The SMILES string of the molecule is O=C(O)c1cc(Cl)c(F)c(CNC(=O)[C@@H]2[C@H]3CC[C@H](C3)N2C(=O)Cn2ncc3ccccc32)c1. The Balaban J connectivity index is 1.33. The number of aromatic carboxylic acids is 1. The Bertz CT molecular complexity index is 1310. The molecular weight excluding hydrogens is 463 g/mol. The quantitative estimate of drug-likeness (QED) is 0.559. The van der Waals surface area contributed by atoms with Gasteiger partial charge in [-0.05, 0) is 43.4 Å². The minimum atomic E-state index is -1.24. The molecule has 1 aliphatic heterocycles. The van der Waals surface area contributed by atoms with Crippen LogP contribution in [0, 0.1) is 11.7 Å². The van der Waals surface area contributed by atoms with Gasteiger partial charge in [0.05, 0.1) is 22.3 Å². The van der Waals surface area contributed by atoms with Crippen LogP contribution in [-0.2, 0) is 22.7 Å². The van der Waals surface area contributed by atoms with Crippen LogP contribution in [0.4, 0.5) is 4.39 Å². The Morgan fingerprint density at radius 1 is 1.21 bits per heavy atom. The molecule has 1 saturated heterocycles. The van der Waals surface area contributed by atoms with Crippen molar-refractivity contribution in [1.29, 1.82) is 0 Å². The molecule has 34 heavy (non-hydrogen) atoms. The van der Waals surface area contributed by atoms with E-state index in [0.29, 0.717) is 0 Å². The van der Waals surface area contributed by atoms with E-state index in [4.69, 9.17) is 11.6 Å². The lowest BCUT2D eigenvalue weighted by atomic mass is 9.97. The van der Waals surface area contributed by atoms with Crippen LogP contribution >= 0.6 is 11.6 Å². The van der Waals surface area contributed by atoms with E-state index in [0.717, 1.165) is 42.3 Å². The van der Waals surface area contributed by atoms with Gasteiger partial charge in [-0.1, -0.05) is 29.8 Å². The van der Waals surface area contributed by atoms with Crippen LogP contribution in [0.25, 0.3) is 10.9 Å². The summed E-state index contributed by atoms with van der Waals surface area (Å²) in [6, 6.07) is 9.09. The van der Waals surface area contributed by atoms with Gasteiger partial charge in [0, 0.05) is 23.5 Å². The minimum absolute atomic E-state index is 0.0170. The Morgan fingerprint density at radius 2 is 2.00 bits per heavy atom. The van der Waals surface area contributed by atoms with E-state index in [1.54, 1.807) is 15.8 Å². The Hall–Kier alpha value is -3.46. The number of amides is 2. The molecule has 3 atom stereocenters. The average molecular weight is 485 g/mol. The molecule has 2 N–H and O–H groups in total. The molecule has 1 aromatic heterocycles. The number of aromatic nitrogens is 2. The summed E-state index contributed by atoms with van der Waals surface area (Å²) in [5.74, 6) is -2.57. The van der Waals surface area contributed by atoms with Gasteiger partial charge < -0.3 is 15.3 Å². The lowest BCUT2D eigenvalue weighted by Gasteiger charge is -2.34. The Morgan fingerprint density at radius 3 is 2.79 bits per heavy atom. The van der Waals surface area contributed by atoms with E-state index >= 15 is 0 Å². The van der Waals surface area contributed by atoms with E-state index in [1.165, 1.54) is 0 Å². The molecule has 3 aromatic rings. The lowest BCUT2D eigenvalue weighted by Crippen LogP contribution is -2.53. The highest BCUT2D eigenvalue weighted by Crippen LogP contribution is 2.42. The van der Waals surface area contributed by atoms with Crippen LogP contribution in [0.3, 0.4) is 0 Å². The van der Waals surface area contributed by atoms with Gasteiger partial charge in [0.1, 0.15) is 18.4 Å². The van der Waals surface area contributed by atoms with Crippen LogP contribution in [0.1, 0.15) is 35.2 Å². The van der Waals surface area contributed by atoms with E-state index in [2.05, 4.69) is 10.4 Å². The van der Waals surface area contributed by atoms with Crippen molar-refractivity contribution in [2.45, 2.75) is 44.4 Å². The summed E-state index contributed by atoms with van der Waals surface area (Å²) >= 11 is 5.82. The molecule has 2 aromatic carbocycles. The summed E-state index contributed by atoms with van der Waals surface area (Å²) in [5.41, 5.74) is 0.646. The number of para-hydroxylation sites is 1. The van der Waals surface area contributed by atoms with Crippen LogP contribution in [0.15, 0.2) is 42.6 Å². The number of rotatable bonds is 6. The van der Waals surface area contributed by atoms with Crippen molar-refractivity contribution < 1.29 is 23.9 Å². The molecule has 8 nitrogen and oxygen atoms in total. The second-order valence-electron chi connectivity index (χ2n) is 8.79. The number of carboxylic acid groups (broad SMARTS) is 1. The molecule has 2 bridgehead atoms. The van der Waals surface area contributed by atoms with Crippen LogP contribution in [0.2, 0.25) is 5.02 Å². The maximum Gasteiger partial charge on any atom is 0.335 e. The summed E-state index contributed by atoms with van der Waals surface area (Å²) in [6.07, 6.45) is 4.13. The molecule has 1 aliphatic carbocycles. The summed E-state index contributed by atoms with van der Waals surface area (Å²) < 4.78 is 16.0. The molecule has 1 saturated carbocycles. The number of hydrogen-bond acceptors (Lipinski definition) is 4. The fraction of sp³-hybridized carbons (Fsp3) is 0.333. The Kier molecular flexibility index (Phi) is 5.73. The first-order valence-electron chi connectivity index (χ1n) is 11.0. The molecule has 0 radical (unpaired) electrons. The van der Waals surface area contributed by atoms with Crippen molar-refractivity contribution in [2.24, 2.45) is 5.92 Å². The van der Waals surface area contributed by atoms with Crippen LogP contribution < -0.4 is 5.32 Å². The topological polar surface area (TPSA) is 105 Å². The molecule has 0 spiro atoms. The van der Waals surface area contributed by atoms with Crippen molar-refractivity contribution in [1.82, 2.24) is 20.0 Å². The molecule has 2 heterocycles. The van der Waals surface area contributed by atoms with Crippen molar-refractivity contribution in [2.75, 3.05) is 0 Å². The number of carbonyl (C=O) groups excluding carboxylic acids is 2. The number of nitrogens with one attached hydrogen (secondary N) is 1. The van der Waals surface area contributed by atoms with Gasteiger partial charge in [-0.15, -0.1) is 0 Å². The Labute approximate surface area is 199 Å². The fourth-order valence-corrected chi connectivity index (χ4v) is 5.47. The van der Waals surface area contributed by atoms with E-state index < -0.39 is 17.8 Å². The van der Waals surface area contributed by atoms with Crippen molar-refractivity contribution >= 4 is 40.3 Å². The predicted molar refractivity (Wildman–Crippen MR) is 122 cm³/mol. The second kappa shape index (κ2) is 8.72. The zero-order valence-corrected chi connectivity index (χ0v) is 18.8. The number of halogens is 2. The van der Waals surface area contributed by atoms with Crippen LogP contribution in [0.5, 0.6) is 0 Å². The maximum atomic E-state index is 14.4. The molecule has 176 valence electrons. The number of fused-ring (bicyclic) bond motifs is 3. The number of carbonyl (C=O) groups is 3. The van der Waals surface area contributed by atoms with Crippen molar-refractivity contribution in [3.63, 3.8) is 0 Å². The molecule has 10 heteroatoms. The first kappa shape index (κ1) is 22.3. The average Bonchev–Trinajstić information content (AvgIpc) is 3.54. The fourth-order valence-electron chi connectivity index (χ4n) is 5.23. The third kappa shape index (κ3) is 3.90. The number of nitrogens with zero attached hydrogens (tertiary/aromatic N) is 3. The monoisotopic (exact) mass is 484 g/mol. The van der Waals surface area contributed by atoms with Gasteiger partial charge in [0.15, 0.2) is 0 Å².